The molecule has 0 spiro atoms. The van der Waals surface area contributed by atoms with Crippen LogP contribution in [-0.4, -0.2) is 14.8 Å². The molecule has 2 rings (SSSR count). The van der Waals surface area contributed by atoms with Crippen LogP contribution in [0.15, 0.2) is 24.5 Å². The number of aryl methyl sites for hydroxylation is 3. The predicted octanol–water partition coefficient (Wildman–Crippen LogP) is 2.10. The molecule has 0 aromatic carbocycles. The van der Waals surface area contributed by atoms with Crippen LogP contribution >= 0.6 is 0 Å². The van der Waals surface area contributed by atoms with E-state index in [1.54, 1.807) is 0 Å². The number of aromatic nitrogens is 3. The van der Waals surface area contributed by atoms with Crippen molar-refractivity contribution in [3.63, 3.8) is 0 Å². The van der Waals surface area contributed by atoms with Gasteiger partial charge < -0.3 is 0 Å². The zero-order valence-corrected chi connectivity index (χ0v) is 8.65. The van der Waals surface area contributed by atoms with Gasteiger partial charge >= 0.3 is 0 Å². The quantitative estimate of drug-likeness (QED) is 0.684. The lowest BCUT2D eigenvalue weighted by Crippen LogP contribution is -1.97. The molecule has 0 saturated carbocycles. The molecule has 2 heterocycles. The minimum atomic E-state index is 1.04. The summed E-state index contributed by atoms with van der Waals surface area (Å²) in [7, 11) is 1.95. The van der Waals surface area contributed by atoms with E-state index in [9.17, 15) is 0 Å². The summed E-state index contributed by atoms with van der Waals surface area (Å²) in [6.07, 6.45) is 3.69. The van der Waals surface area contributed by atoms with E-state index in [0.717, 1.165) is 17.0 Å². The fourth-order valence-corrected chi connectivity index (χ4v) is 1.67. The van der Waals surface area contributed by atoms with Gasteiger partial charge in [0.25, 0.3) is 0 Å². The number of hydrogen-bond donors (Lipinski definition) is 0. The van der Waals surface area contributed by atoms with Crippen LogP contribution in [0.3, 0.4) is 0 Å². The van der Waals surface area contributed by atoms with Crippen LogP contribution in [0.25, 0.3) is 11.3 Å². The second kappa shape index (κ2) is 3.25. The Balaban J connectivity index is 2.66. The van der Waals surface area contributed by atoms with Crippen LogP contribution in [-0.2, 0) is 7.05 Å². The Hall–Kier alpha value is -1.64. The van der Waals surface area contributed by atoms with Crippen LogP contribution in [0.5, 0.6) is 0 Å². The molecule has 0 bridgehead atoms. The first-order valence-electron chi connectivity index (χ1n) is 4.60. The van der Waals surface area contributed by atoms with Gasteiger partial charge in [0, 0.05) is 24.5 Å². The second-order valence-electron chi connectivity index (χ2n) is 3.44. The number of hydrogen-bond acceptors (Lipinski definition) is 2. The van der Waals surface area contributed by atoms with Gasteiger partial charge in [0.2, 0.25) is 0 Å². The topological polar surface area (TPSA) is 30.7 Å². The lowest BCUT2D eigenvalue weighted by Gasteiger charge is -2.06. The highest BCUT2D eigenvalue weighted by Gasteiger charge is 2.09. The van der Waals surface area contributed by atoms with Crippen LogP contribution in [0.1, 0.15) is 11.3 Å². The lowest BCUT2D eigenvalue weighted by molar-refractivity contribution is 0.774. The molecule has 0 saturated heterocycles. The van der Waals surface area contributed by atoms with Crippen molar-refractivity contribution in [1.29, 1.82) is 0 Å². The van der Waals surface area contributed by atoms with Gasteiger partial charge in [-0.15, -0.1) is 0 Å². The fraction of sp³-hybridized carbons (Fsp3) is 0.273. The van der Waals surface area contributed by atoms with Crippen LogP contribution in [0, 0.1) is 13.8 Å². The van der Waals surface area contributed by atoms with Crippen molar-refractivity contribution >= 4 is 0 Å². The summed E-state index contributed by atoms with van der Waals surface area (Å²) >= 11 is 0. The van der Waals surface area contributed by atoms with Crippen molar-refractivity contribution in [2.45, 2.75) is 13.8 Å². The Labute approximate surface area is 83.4 Å². The summed E-state index contributed by atoms with van der Waals surface area (Å²) in [5, 5.41) is 4.22. The third-order valence-corrected chi connectivity index (χ3v) is 2.38. The molecule has 72 valence electrons. The molecule has 3 heteroatoms. The highest BCUT2D eigenvalue weighted by Crippen LogP contribution is 2.23. The van der Waals surface area contributed by atoms with Crippen molar-refractivity contribution in [1.82, 2.24) is 14.8 Å². The molecule has 0 atom stereocenters. The number of rotatable bonds is 1. The Kier molecular flexibility index (Phi) is 2.08. The maximum absolute atomic E-state index is 4.28. The zero-order valence-electron chi connectivity index (χ0n) is 8.65. The van der Waals surface area contributed by atoms with Gasteiger partial charge in [-0.25, -0.2) is 0 Å². The van der Waals surface area contributed by atoms with E-state index in [4.69, 9.17) is 0 Å². The summed E-state index contributed by atoms with van der Waals surface area (Å²) in [5.74, 6) is 0. The molecule has 0 fully saturated rings. The maximum atomic E-state index is 4.28. The minimum Gasteiger partial charge on any atom is -0.268 e. The van der Waals surface area contributed by atoms with E-state index in [0.29, 0.717) is 0 Å². The SMILES string of the molecule is Cc1cnn(C)c1-c1cccnc1C. The van der Waals surface area contributed by atoms with Gasteiger partial charge in [0.1, 0.15) is 0 Å². The summed E-state index contributed by atoms with van der Waals surface area (Å²) in [4.78, 5) is 4.28. The van der Waals surface area contributed by atoms with E-state index in [1.165, 1.54) is 5.56 Å². The van der Waals surface area contributed by atoms with Gasteiger partial charge in [-0.3, -0.25) is 9.67 Å². The summed E-state index contributed by atoms with van der Waals surface area (Å²) in [5.41, 5.74) is 4.53. The van der Waals surface area contributed by atoms with Crippen LogP contribution < -0.4 is 0 Å². The van der Waals surface area contributed by atoms with Crippen molar-refractivity contribution in [3.8, 4) is 11.3 Å². The van der Waals surface area contributed by atoms with E-state index < -0.39 is 0 Å². The van der Waals surface area contributed by atoms with E-state index >= 15 is 0 Å². The Morgan fingerprint density at radius 3 is 2.64 bits per heavy atom. The van der Waals surface area contributed by atoms with Crippen LogP contribution in [0.4, 0.5) is 0 Å². The van der Waals surface area contributed by atoms with Gasteiger partial charge in [0.15, 0.2) is 0 Å². The molecule has 0 unspecified atom stereocenters. The Morgan fingerprint density at radius 2 is 2.07 bits per heavy atom. The largest absolute Gasteiger partial charge is 0.268 e. The second-order valence-corrected chi connectivity index (χ2v) is 3.44. The highest BCUT2D eigenvalue weighted by atomic mass is 15.3. The Morgan fingerprint density at radius 1 is 1.29 bits per heavy atom. The summed E-state index contributed by atoms with van der Waals surface area (Å²) in [6.45, 7) is 4.08. The monoisotopic (exact) mass is 187 g/mol. The minimum absolute atomic E-state index is 1.04. The third kappa shape index (κ3) is 1.31. The molecule has 0 aliphatic carbocycles. The number of pyridine rings is 1. The van der Waals surface area contributed by atoms with Crippen molar-refractivity contribution in [3.05, 3.63) is 35.8 Å². The van der Waals surface area contributed by atoms with Gasteiger partial charge in [-0.1, -0.05) is 0 Å². The van der Waals surface area contributed by atoms with Crippen molar-refractivity contribution in [2.75, 3.05) is 0 Å². The smallest absolute Gasteiger partial charge is 0.0726 e. The summed E-state index contributed by atoms with van der Waals surface area (Å²) in [6, 6.07) is 4.03. The van der Waals surface area contributed by atoms with Crippen molar-refractivity contribution in [2.24, 2.45) is 7.05 Å². The average Bonchev–Trinajstić information content (AvgIpc) is 2.48. The third-order valence-electron chi connectivity index (χ3n) is 2.38. The molecular formula is C11H13N3. The normalized spacial score (nSPS) is 10.5. The first-order chi connectivity index (χ1) is 6.70. The standard InChI is InChI=1S/C11H13N3/c1-8-7-13-14(3)11(8)10-5-4-6-12-9(10)2/h4-7H,1-3H3. The van der Waals surface area contributed by atoms with E-state index in [-0.39, 0.29) is 0 Å². The molecule has 0 radical (unpaired) electrons. The predicted molar refractivity (Wildman–Crippen MR) is 55.9 cm³/mol. The lowest BCUT2D eigenvalue weighted by atomic mass is 10.1. The summed E-state index contributed by atoms with van der Waals surface area (Å²) < 4.78 is 1.89. The first kappa shape index (κ1) is 8.94. The average molecular weight is 187 g/mol. The highest BCUT2D eigenvalue weighted by molar-refractivity contribution is 5.64. The molecule has 0 aliphatic heterocycles. The van der Waals surface area contributed by atoms with E-state index in [1.807, 2.05) is 37.1 Å². The zero-order chi connectivity index (χ0) is 10.1. The first-order valence-corrected chi connectivity index (χ1v) is 4.60. The molecule has 0 amide bonds. The van der Waals surface area contributed by atoms with Gasteiger partial charge in [-0.2, -0.15) is 5.10 Å². The maximum Gasteiger partial charge on any atom is 0.0726 e. The van der Waals surface area contributed by atoms with Crippen LogP contribution in [0.2, 0.25) is 0 Å². The van der Waals surface area contributed by atoms with Gasteiger partial charge in [-0.05, 0) is 31.5 Å². The van der Waals surface area contributed by atoms with Crippen molar-refractivity contribution < 1.29 is 0 Å². The number of nitrogens with zero attached hydrogens (tertiary/aromatic N) is 3. The molecule has 0 N–H and O–H groups in total. The molecular weight excluding hydrogens is 174 g/mol. The Bertz CT molecular complexity index is 438. The molecule has 2 aromatic heterocycles. The fourth-order valence-electron chi connectivity index (χ4n) is 1.67. The molecule has 2 aromatic rings. The van der Waals surface area contributed by atoms with E-state index in [2.05, 4.69) is 23.1 Å². The molecule has 3 nitrogen and oxygen atoms in total. The molecule has 0 aliphatic rings. The van der Waals surface area contributed by atoms with Gasteiger partial charge in [0.05, 0.1) is 11.9 Å². The molecule has 14 heavy (non-hydrogen) atoms.